The lowest BCUT2D eigenvalue weighted by Crippen LogP contribution is -2.21. The number of rotatable bonds is 5. The van der Waals surface area contributed by atoms with E-state index in [1.807, 2.05) is 6.07 Å². The van der Waals surface area contributed by atoms with Crippen LogP contribution >= 0.6 is 11.3 Å². The molecule has 4 nitrogen and oxygen atoms in total. The number of esters is 1. The van der Waals surface area contributed by atoms with E-state index in [2.05, 4.69) is 19.2 Å². The summed E-state index contributed by atoms with van der Waals surface area (Å²) in [6, 6.07) is 1.84. The topological polar surface area (TPSA) is 55.4 Å². The number of amides is 1. The van der Waals surface area contributed by atoms with Crippen LogP contribution in [0.15, 0.2) is 6.07 Å². The quantitative estimate of drug-likeness (QED) is 0.830. The first-order chi connectivity index (χ1) is 10.0. The Morgan fingerprint density at radius 2 is 2.05 bits per heavy atom. The molecule has 1 fully saturated rings. The zero-order chi connectivity index (χ0) is 15.4. The van der Waals surface area contributed by atoms with Crippen molar-refractivity contribution in [2.45, 2.75) is 52.4 Å². The second-order valence-electron chi connectivity index (χ2n) is 5.74. The third-order valence-corrected chi connectivity index (χ3v) is 5.13. The van der Waals surface area contributed by atoms with Gasteiger partial charge in [-0.1, -0.05) is 26.7 Å². The summed E-state index contributed by atoms with van der Waals surface area (Å²) in [5.74, 6) is 0.0857. The molecule has 1 aliphatic carbocycles. The maximum atomic E-state index is 12.3. The summed E-state index contributed by atoms with van der Waals surface area (Å²) in [5, 5.41) is 3.58. The van der Waals surface area contributed by atoms with Crippen LogP contribution in [0.2, 0.25) is 0 Å². The maximum Gasteiger partial charge on any atom is 0.341 e. The molecule has 0 bridgehead atoms. The Balaban J connectivity index is 2.19. The van der Waals surface area contributed by atoms with Crippen molar-refractivity contribution in [3.63, 3.8) is 0 Å². The molecule has 1 amide bonds. The Kier molecular flexibility index (Phi) is 5.39. The van der Waals surface area contributed by atoms with E-state index in [-0.39, 0.29) is 17.8 Å². The number of anilines is 1. The van der Waals surface area contributed by atoms with Gasteiger partial charge in [0.25, 0.3) is 0 Å². The molecule has 21 heavy (non-hydrogen) atoms. The van der Waals surface area contributed by atoms with Crippen LogP contribution in [-0.4, -0.2) is 18.5 Å². The number of carbonyl (C=O) groups excluding carboxylic acids is 2. The molecule has 116 valence electrons. The van der Waals surface area contributed by atoms with Crippen LogP contribution in [0.25, 0.3) is 0 Å². The molecule has 2 rings (SSSR count). The lowest BCUT2D eigenvalue weighted by Gasteiger charge is -2.10. The standard InChI is InChI=1S/C16H23NO3S/c1-4-20-16(19)12-9-13(10(2)3)21-15(12)17-14(18)11-7-5-6-8-11/h9-11H,4-8H2,1-3H3,(H,17,18). The van der Waals surface area contributed by atoms with Crippen LogP contribution in [-0.2, 0) is 9.53 Å². The van der Waals surface area contributed by atoms with Crippen molar-refractivity contribution in [1.82, 2.24) is 0 Å². The Morgan fingerprint density at radius 1 is 1.38 bits per heavy atom. The number of hydrogen-bond acceptors (Lipinski definition) is 4. The lowest BCUT2D eigenvalue weighted by molar-refractivity contribution is -0.119. The molecule has 5 heteroatoms. The molecule has 0 aromatic carbocycles. The zero-order valence-electron chi connectivity index (χ0n) is 12.9. The van der Waals surface area contributed by atoms with E-state index in [1.54, 1.807) is 6.92 Å². The van der Waals surface area contributed by atoms with Gasteiger partial charge in [-0.05, 0) is 31.7 Å². The molecule has 0 atom stereocenters. The Bertz CT molecular complexity index is 516. The first-order valence-electron chi connectivity index (χ1n) is 7.64. The first-order valence-corrected chi connectivity index (χ1v) is 8.46. The van der Waals surface area contributed by atoms with Gasteiger partial charge >= 0.3 is 5.97 Å². The smallest absolute Gasteiger partial charge is 0.341 e. The van der Waals surface area contributed by atoms with Crippen LogP contribution in [0, 0.1) is 5.92 Å². The molecule has 0 aliphatic heterocycles. The predicted molar refractivity (Wildman–Crippen MR) is 85.0 cm³/mol. The van der Waals surface area contributed by atoms with Gasteiger partial charge in [0.2, 0.25) is 5.91 Å². The SMILES string of the molecule is CCOC(=O)c1cc(C(C)C)sc1NC(=O)C1CCCC1. The molecule has 1 N–H and O–H groups in total. The van der Waals surface area contributed by atoms with E-state index in [0.717, 1.165) is 30.6 Å². The van der Waals surface area contributed by atoms with Gasteiger partial charge in [0.1, 0.15) is 5.00 Å². The minimum absolute atomic E-state index is 0.0372. The number of carbonyl (C=O) groups is 2. The van der Waals surface area contributed by atoms with Crippen LogP contribution < -0.4 is 5.32 Å². The van der Waals surface area contributed by atoms with Crippen molar-refractivity contribution in [1.29, 1.82) is 0 Å². The molecule has 1 aromatic heterocycles. The summed E-state index contributed by atoms with van der Waals surface area (Å²) >= 11 is 1.48. The number of thiophene rings is 1. The van der Waals surface area contributed by atoms with Crippen LogP contribution in [0.4, 0.5) is 5.00 Å². The second kappa shape index (κ2) is 7.07. The van der Waals surface area contributed by atoms with Crippen LogP contribution in [0.3, 0.4) is 0 Å². The van der Waals surface area contributed by atoms with E-state index in [1.165, 1.54) is 11.3 Å². The summed E-state index contributed by atoms with van der Waals surface area (Å²) in [6.07, 6.45) is 4.13. The molecule has 1 aliphatic rings. The highest BCUT2D eigenvalue weighted by molar-refractivity contribution is 7.16. The van der Waals surface area contributed by atoms with Crippen LogP contribution in [0.5, 0.6) is 0 Å². The zero-order valence-corrected chi connectivity index (χ0v) is 13.7. The average Bonchev–Trinajstić information content (AvgIpc) is 3.08. The van der Waals surface area contributed by atoms with E-state index in [4.69, 9.17) is 4.74 Å². The van der Waals surface area contributed by atoms with Gasteiger partial charge in [-0.25, -0.2) is 4.79 Å². The van der Waals surface area contributed by atoms with Crippen molar-refractivity contribution < 1.29 is 14.3 Å². The second-order valence-corrected chi connectivity index (χ2v) is 6.82. The summed E-state index contributed by atoms with van der Waals surface area (Å²) in [5.41, 5.74) is 0.483. The molecule has 1 saturated carbocycles. The van der Waals surface area contributed by atoms with Crippen LogP contribution in [0.1, 0.15) is 67.6 Å². The average molecular weight is 309 g/mol. The monoisotopic (exact) mass is 309 g/mol. The van der Waals surface area contributed by atoms with E-state index in [0.29, 0.717) is 23.1 Å². The third kappa shape index (κ3) is 3.84. The minimum Gasteiger partial charge on any atom is -0.462 e. The van der Waals surface area contributed by atoms with Gasteiger partial charge in [-0.15, -0.1) is 11.3 Å². The molecular formula is C16H23NO3S. The molecule has 1 heterocycles. The Morgan fingerprint density at radius 3 is 2.62 bits per heavy atom. The molecule has 0 spiro atoms. The molecular weight excluding hydrogens is 286 g/mol. The van der Waals surface area contributed by atoms with E-state index >= 15 is 0 Å². The van der Waals surface area contributed by atoms with Crippen molar-refractivity contribution in [3.05, 3.63) is 16.5 Å². The van der Waals surface area contributed by atoms with Gasteiger partial charge in [0, 0.05) is 10.8 Å². The van der Waals surface area contributed by atoms with Gasteiger partial charge in [0.15, 0.2) is 0 Å². The van der Waals surface area contributed by atoms with Crippen molar-refractivity contribution in [2.75, 3.05) is 11.9 Å². The predicted octanol–water partition coefficient (Wildman–Crippen LogP) is 4.18. The van der Waals surface area contributed by atoms with Gasteiger partial charge in [0.05, 0.1) is 12.2 Å². The fraction of sp³-hybridized carbons (Fsp3) is 0.625. The fourth-order valence-electron chi connectivity index (χ4n) is 2.55. The number of hydrogen-bond donors (Lipinski definition) is 1. The number of ether oxygens (including phenoxy) is 1. The Labute approximate surface area is 129 Å². The largest absolute Gasteiger partial charge is 0.462 e. The fourth-order valence-corrected chi connectivity index (χ4v) is 3.60. The first kappa shape index (κ1) is 16.0. The number of nitrogens with one attached hydrogen (secondary N) is 1. The minimum atomic E-state index is -0.359. The van der Waals surface area contributed by atoms with Gasteiger partial charge in [-0.3, -0.25) is 4.79 Å². The van der Waals surface area contributed by atoms with Gasteiger partial charge in [-0.2, -0.15) is 0 Å². The highest BCUT2D eigenvalue weighted by Gasteiger charge is 2.26. The highest BCUT2D eigenvalue weighted by Crippen LogP contribution is 2.35. The third-order valence-electron chi connectivity index (χ3n) is 3.78. The van der Waals surface area contributed by atoms with E-state index < -0.39 is 0 Å². The maximum absolute atomic E-state index is 12.3. The molecule has 0 saturated heterocycles. The Hall–Kier alpha value is -1.36. The van der Waals surface area contributed by atoms with Crippen molar-refractivity contribution in [2.24, 2.45) is 5.92 Å². The summed E-state index contributed by atoms with van der Waals surface area (Å²) in [6.45, 7) is 6.26. The van der Waals surface area contributed by atoms with Crippen molar-refractivity contribution >= 4 is 28.2 Å². The van der Waals surface area contributed by atoms with Gasteiger partial charge < -0.3 is 10.1 Å². The molecule has 0 unspecified atom stereocenters. The normalized spacial score (nSPS) is 15.4. The summed E-state index contributed by atoms with van der Waals surface area (Å²) < 4.78 is 5.09. The highest BCUT2D eigenvalue weighted by atomic mass is 32.1. The lowest BCUT2D eigenvalue weighted by atomic mass is 10.1. The summed E-state index contributed by atoms with van der Waals surface area (Å²) in [4.78, 5) is 25.4. The van der Waals surface area contributed by atoms with E-state index in [9.17, 15) is 9.59 Å². The summed E-state index contributed by atoms with van der Waals surface area (Å²) in [7, 11) is 0. The van der Waals surface area contributed by atoms with Crippen molar-refractivity contribution in [3.8, 4) is 0 Å². The molecule has 0 radical (unpaired) electrons. The molecule has 1 aromatic rings.